The molecule has 2 aromatic heterocycles. The first kappa shape index (κ1) is 16.5. The quantitative estimate of drug-likeness (QED) is 0.788. The second kappa shape index (κ2) is 6.64. The van der Waals surface area contributed by atoms with E-state index in [4.69, 9.17) is 9.47 Å². The fraction of sp³-hybridized carbons (Fsp3) is 0.167. The average Bonchev–Trinajstić information content (AvgIpc) is 2.61. The predicted octanol–water partition coefficient (Wildman–Crippen LogP) is 2.27. The van der Waals surface area contributed by atoms with Crippen LogP contribution < -0.4 is 20.3 Å². The number of pyridine rings is 1. The second-order valence-electron chi connectivity index (χ2n) is 5.43. The number of fused-ring (bicyclic) bond motifs is 1. The zero-order chi connectivity index (χ0) is 18.0. The van der Waals surface area contributed by atoms with E-state index in [2.05, 4.69) is 10.3 Å². The van der Waals surface area contributed by atoms with Crippen LogP contribution in [0.4, 0.5) is 5.69 Å². The molecule has 0 saturated carbocycles. The van der Waals surface area contributed by atoms with Gasteiger partial charge in [-0.3, -0.25) is 14.0 Å². The molecule has 0 aliphatic carbocycles. The molecule has 0 fully saturated rings. The Labute approximate surface area is 143 Å². The smallest absolute Gasteiger partial charge is 0.270 e. The highest BCUT2D eigenvalue weighted by Crippen LogP contribution is 2.29. The molecule has 0 unspecified atom stereocenters. The van der Waals surface area contributed by atoms with Crippen LogP contribution in [0.1, 0.15) is 15.9 Å². The summed E-state index contributed by atoms with van der Waals surface area (Å²) in [7, 11) is 3.03. The van der Waals surface area contributed by atoms with Crippen molar-refractivity contribution >= 4 is 17.2 Å². The highest BCUT2D eigenvalue weighted by atomic mass is 16.5. The standard InChI is InChI=1S/C18H17N3O4/c1-11-6-7-21-16(8-11)19-10-13(18(21)23)17(22)20-12-4-5-14(24-2)15(9-12)25-3/h4-10H,1-3H3,(H,20,22). The lowest BCUT2D eigenvalue weighted by Crippen LogP contribution is -2.26. The highest BCUT2D eigenvalue weighted by Gasteiger charge is 2.14. The minimum atomic E-state index is -0.542. The number of carbonyl (C=O) groups excluding carboxylic acids is 1. The molecule has 128 valence electrons. The Morgan fingerprint density at radius 2 is 1.88 bits per heavy atom. The Kier molecular flexibility index (Phi) is 4.38. The van der Waals surface area contributed by atoms with Crippen molar-refractivity contribution in [1.29, 1.82) is 0 Å². The number of nitrogens with zero attached hydrogens (tertiary/aromatic N) is 2. The molecule has 0 aliphatic rings. The number of carbonyl (C=O) groups is 1. The number of hydrogen-bond acceptors (Lipinski definition) is 5. The molecule has 1 amide bonds. The number of methoxy groups -OCH3 is 2. The monoisotopic (exact) mass is 339 g/mol. The lowest BCUT2D eigenvalue weighted by molar-refractivity contribution is 0.102. The Bertz CT molecular complexity index is 1010. The summed E-state index contributed by atoms with van der Waals surface area (Å²) in [5.74, 6) is 0.479. The van der Waals surface area contributed by atoms with E-state index in [-0.39, 0.29) is 5.56 Å². The summed E-state index contributed by atoms with van der Waals surface area (Å²) < 4.78 is 11.7. The lowest BCUT2D eigenvalue weighted by atomic mass is 10.2. The van der Waals surface area contributed by atoms with Crippen molar-refractivity contribution in [3.63, 3.8) is 0 Å². The van der Waals surface area contributed by atoms with Gasteiger partial charge in [-0.2, -0.15) is 0 Å². The van der Waals surface area contributed by atoms with E-state index in [0.717, 1.165) is 5.56 Å². The van der Waals surface area contributed by atoms with Crippen LogP contribution in [-0.2, 0) is 0 Å². The maximum Gasteiger partial charge on any atom is 0.270 e. The third kappa shape index (κ3) is 3.16. The Morgan fingerprint density at radius 3 is 2.60 bits per heavy atom. The van der Waals surface area contributed by atoms with E-state index in [9.17, 15) is 9.59 Å². The van der Waals surface area contributed by atoms with Crippen molar-refractivity contribution in [2.45, 2.75) is 6.92 Å². The Hall–Kier alpha value is -3.35. The molecule has 0 bridgehead atoms. The molecule has 3 rings (SSSR count). The first-order valence-corrected chi connectivity index (χ1v) is 7.55. The van der Waals surface area contributed by atoms with Crippen LogP contribution in [0.3, 0.4) is 0 Å². The number of aromatic nitrogens is 2. The van der Waals surface area contributed by atoms with Gasteiger partial charge < -0.3 is 14.8 Å². The van der Waals surface area contributed by atoms with E-state index in [1.54, 1.807) is 36.5 Å². The van der Waals surface area contributed by atoms with Gasteiger partial charge in [0.15, 0.2) is 11.5 Å². The van der Waals surface area contributed by atoms with Crippen LogP contribution in [0.5, 0.6) is 11.5 Å². The molecule has 25 heavy (non-hydrogen) atoms. The van der Waals surface area contributed by atoms with Crippen molar-refractivity contribution in [2.75, 3.05) is 19.5 Å². The van der Waals surface area contributed by atoms with Gasteiger partial charge >= 0.3 is 0 Å². The predicted molar refractivity (Wildman–Crippen MR) is 93.7 cm³/mol. The van der Waals surface area contributed by atoms with Crippen molar-refractivity contribution in [3.8, 4) is 11.5 Å². The van der Waals surface area contributed by atoms with Crippen LogP contribution in [0, 0.1) is 6.92 Å². The zero-order valence-electron chi connectivity index (χ0n) is 14.1. The summed E-state index contributed by atoms with van der Waals surface area (Å²) >= 11 is 0. The number of hydrogen-bond donors (Lipinski definition) is 1. The van der Waals surface area contributed by atoms with E-state index in [1.807, 2.05) is 6.92 Å². The molecule has 0 aliphatic heterocycles. The summed E-state index contributed by atoms with van der Waals surface area (Å²) in [5.41, 5.74) is 1.48. The van der Waals surface area contributed by atoms with Gasteiger partial charge in [-0.1, -0.05) is 0 Å². The Morgan fingerprint density at radius 1 is 1.12 bits per heavy atom. The molecule has 3 aromatic rings. The summed E-state index contributed by atoms with van der Waals surface area (Å²) in [6, 6.07) is 8.51. The molecule has 0 atom stereocenters. The van der Waals surface area contributed by atoms with Crippen LogP contribution in [0.2, 0.25) is 0 Å². The zero-order valence-corrected chi connectivity index (χ0v) is 14.1. The normalized spacial score (nSPS) is 10.5. The van der Waals surface area contributed by atoms with Gasteiger partial charge in [0.05, 0.1) is 14.2 Å². The number of anilines is 1. The highest BCUT2D eigenvalue weighted by molar-refractivity contribution is 6.04. The van der Waals surface area contributed by atoms with Gasteiger partial charge in [-0.05, 0) is 36.8 Å². The molecule has 2 heterocycles. The van der Waals surface area contributed by atoms with Crippen molar-refractivity contribution in [1.82, 2.24) is 9.38 Å². The van der Waals surface area contributed by atoms with Gasteiger partial charge in [-0.25, -0.2) is 4.98 Å². The number of nitrogens with one attached hydrogen (secondary N) is 1. The van der Waals surface area contributed by atoms with Gasteiger partial charge in [0.25, 0.3) is 11.5 Å². The van der Waals surface area contributed by atoms with Crippen LogP contribution in [-0.4, -0.2) is 29.5 Å². The molecule has 1 aromatic carbocycles. The fourth-order valence-electron chi connectivity index (χ4n) is 2.44. The molecule has 7 heteroatoms. The van der Waals surface area contributed by atoms with E-state index >= 15 is 0 Å². The average molecular weight is 339 g/mol. The molecule has 1 N–H and O–H groups in total. The van der Waals surface area contributed by atoms with E-state index in [1.165, 1.54) is 24.8 Å². The van der Waals surface area contributed by atoms with Crippen LogP contribution >= 0.6 is 0 Å². The van der Waals surface area contributed by atoms with Crippen molar-refractivity contribution in [3.05, 3.63) is 64.2 Å². The molecular weight excluding hydrogens is 322 g/mol. The van der Waals surface area contributed by atoms with Crippen LogP contribution in [0.25, 0.3) is 5.65 Å². The Balaban J connectivity index is 1.94. The van der Waals surface area contributed by atoms with Crippen molar-refractivity contribution < 1.29 is 14.3 Å². The molecule has 7 nitrogen and oxygen atoms in total. The molecule has 0 spiro atoms. The minimum absolute atomic E-state index is 0.0452. The molecular formula is C18H17N3O4. The largest absolute Gasteiger partial charge is 0.493 e. The molecule has 0 saturated heterocycles. The third-order valence-electron chi connectivity index (χ3n) is 3.75. The number of aryl methyl sites for hydroxylation is 1. The summed E-state index contributed by atoms with van der Waals surface area (Å²) in [6.45, 7) is 1.91. The number of rotatable bonds is 4. The van der Waals surface area contributed by atoms with Gasteiger partial charge in [0, 0.05) is 24.1 Å². The van der Waals surface area contributed by atoms with Gasteiger partial charge in [-0.15, -0.1) is 0 Å². The summed E-state index contributed by atoms with van der Waals surface area (Å²) in [5, 5.41) is 2.67. The SMILES string of the molecule is COc1ccc(NC(=O)c2cnc3cc(C)ccn3c2=O)cc1OC. The first-order chi connectivity index (χ1) is 12.0. The van der Waals surface area contributed by atoms with Crippen LogP contribution in [0.15, 0.2) is 47.5 Å². The maximum atomic E-state index is 12.5. The third-order valence-corrected chi connectivity index (χ3v) is 3.75. The van der Waals surface area contributed by atoms with Gasteiger partial charge in [0.1, 0.15) is 11.2 Å². The van der Waals surface area contributed by atoms with Crippen molar-refractivity contribution in [2.24, 2.45) is 0 Å². The first-order valence-electron chi connectivity index (χ1n) is 7.55. The van der Waals surface area contributed by atoms with E-state index < -0.39 is 11.5 Å². The number of amides is 1. The summed E-state index contributed by atoms with van der Waals surface area (Å²) in [4.78, 5) is 29.2. The van der Waals surface area contributed by atoms with E-state index in [0.29, 0.717) is 22.8 Å². The fourth-order valence-corrected chi connectivity index (χ4v) is 2.44. The number of benzene rings is 1. The maximum absolute atomic E-state index is 12.5. The minimum Gasteiger partial charge on any atom is -0.493 e. The lowest BCUT2D eigenvalue weighted by Gasteiger charge is -2.10. The summed E-state index contributed by atoms with van der Waals surface area (Å²) in [6.07, 6.45) is 2.89. The van der Waals surface area contributed by atoms with Gasteiger partial charge in [0.2, 0.25) is 0 Å². The number of ether oxygens (including phenoxy) is 2. The second-order valence-corrected chi connectivity index (χ2v) is 5.43. The molecule has 0 radical (unpaired) electrons. The topological polar surface area (TPSA) is 81.9 Å².